The molecule has 1 aromatic heterocycles. The summed E-state index contributed by atoms with van der Waals surface area (Å²) >= 11 is 6.11. The lowest BCUT2D eigenvalue weighted by atomic mass is 10.2. The molecule has 24 heavy (non-hydrogen) atoms. The van der Waals surface area contributed by atoms with E-state index >= 15 is 0 Å². The van der Waals surface area contributed by atoms with Gasteiger partial charge in [-0.2, -0.15) is 0 Å². The molecule has 0 atom stereocenters. The van der Waals surface area contributed by atoms with Crippen LogP contribution in [0.3, 0.4) is 0 Å². The minimum atomic E-state index is -0.218. The van der Waals surface area contributed by atoms with Gasteiger partial charge in [-0.15, -0.1) is 0 Å². The molecule has 5 nitrogen and oxygen atoms in total. The van der Waals surface area contributed by atoms with Crippen LogP contribution in [0.15, 0.2) is 47.1 Å². The van der Waals surface area contributed by atoms with E-state index in [1.54, 1.807) is 30.5 Å². The van der Waals surface area contributed by atoms with Crippen LogP contribution in [0, 0.1) is 0 Å². The molecule has 1 aliphatic heterocycles. The number of anilines is 2. The largest absolute Gasteiger partial charge is 0.465 e. The molecule has 0 spiro atoms. The van der Waals surface area contributed by atoms with E-state index in [0.717, 1.165) is 37.6 Å². The standard InChI is InChI=1S/C18H20ClN3O2/c1-21-8-10-22(11-9-21)17-6-4-14(19)13-16(17)20-18(23)7-5-15-3-2-12-24-15/h2-7,12-13H,8-11H2,1H3,(H,20,23)/b7-5+. The van der Waals surface area contributed by atoms with Crippen molar-refractivity contribution in [2.45, 2.75) is 0 Å². The lowest BCUT2D eigenvalue weighted by molar-refractivity contribution is -0.111. The maximum Gasteiger partial charge on any atom is 0.248 e. The summed E-state index contributed by atoms with van der Waals surface area (Å²) < 4.78 is 5.18. The molecular weight excluding hydrogens is 326 g/mol. The van der Waals surface area contributed by atoms with Crippen molar-refractivity contribution in [1.29, 1.82) is 0 Å². The fourth-order valence-electron chi connectivity index (χ4n) is 2.65. The zero-order chi connectivity index (χ0) is 16.9. The SMILES string of the molecule is CN1CCN(c2ccc(Cl)cc2NC(=O)/C=C/c2ccco2)CC1. The predicted octanol–water partition coefficient (Wildman–Crippen LogP) is 3.34. The van der Waals surface area contributed by atoms with Gasteiger partial charge < -0.3 is 19.5 Å². The lowest BCUT2D eigenvalue weighted by Gasteiger charge is -2.35. The smallest absolute Gasteiger partial charge is 0.248 e. The highest BCUT2D eigenvalue weighted by atomic mass is 35.5. The van der Waals surface area contributed by atoms with Crippen LogP contribution in [0.25, 0.3) is 6.08 Å². The number of nitrogens with zero attached hydrogens (tertiary/aromatic N) is 2. The molecule has 1 fully saturated rings. The molecule has 1 amide bonds. The Hall–Kier alpha value is -2.24. The number of piperazine rings is 1. The third kappa shape index (κ3) is 4.19. The summed E-state index contributed by atoms with van der Waals surface area (Å²) in [6.45, 7) is 3.83. The fraction of sp³-hybridized carbons (Fsp3) is 0.278. The van der Waals surface area contributed by atoms with Gasteiger partial charge in [0.25, 0.3) is 0 Å². The van der Waals surface area contributed by atoms with E-state index in [2.05, 4.69) is 22.2 Å². The summed E-state index contributed by atoms with van der Waals surface area (Å²) in [6.07, 6.45) is 4.66. The molecule has 0 aliphatic carbocycles. The Balaban J connectivity index is 1.74. The second kappa shape index (κ2) is 7.55. The molecule has 3 rings (SSSR count). The van der Waals surface area contributed by atoms with Crippen molar-refractivity contribution in [3.63, 3.8) is 0 Å². The van der Waals surface area contributed by atoms with Crippen molar-refractivity contribution >= 4 is 35.0 Å². The Morgan fingerprint density at radius 2 is 2.04 bits per heavy atom. The molecule has 2 aromatic rings. The van der Waals surface area contributed by atoms with Crippen molar-refractivity contribution < 1.29 is 9.21 Å². The average Bonchev–Trinajstić information content (AvgIpc) is 3.08. The normalized spacial score (nSPS) is 15.8. The monoisotopic (exact) mass is 345 g/mol. The highest BCUT2D eigenvalue weighted by Gasteiger charge is 2.18. The van der Waals surface area contributed by atoms with Crippen LogP contribution in [-0.4, -0.2) is 44.0 Å². The van der Waals surface area contributed by atoms with Gasteiger partial charge in [0.05, 0.1) is 17.6 Å². The maximum absolute atomic E-state index is 12.2. The molecule has 1 saturated heterocycles. The molecule has 1 N–H and O–H groups in total. The van der Waals surface area contributed by atoms with Crippen molar-refractivity contribution in [3.05, 3.63) is 53.5 Å². The third-order valence-electron chi connectivity index (χ3n) is 4.00. The number of hydrogen-bond donors (Lipinski definition) is 1. The zero-order valence-electron chi connectivity index (χ0n) is 13.5. The Morgan fingerprint density at radius 1 is 1.25 bits per heavy atom. The molecule has 1 aromatic carbocycles. The van der Waals surface area contributed by atoms with Gasteiger partial charge in [-0.25, -0.2) is 0 Å². The fourth-order valence-corrected chi connectivity index (χ4v) is 2.82. The Kier molecular flexibility index (Phi) is 5.23. The number of likely N-dealkylation sites (N-methyl/N-ethyl adjacent to an activating group) is 1. The van der Waals surface area contributed by atoms with Gasteiger partial charge in [-0.1, -0.05) is 11.6 Å². The summed E-state index contributed by atoms with van der Waals surface area (Å²) in [5.74, 6) is 0.416. The minimum Gasteiger partial charge on any atom is -0.465 e. The number of furan rings is 1. The van der Waals surface area contributed by atoms with Gasteiger partial charge in [0.1, 0.15) is 5.76 Å². The molecule has 0 bridgehead atoms. The topological polar surface area (TPSA) is 48.7 Å². The summed E-state index contributed by atoms with van der Waals surface area (Å²) in [5.41, 5.74) is 1.72. The second-order valence-electron chi connectivity index (χ2n) is 5.79. The van der Waals surface area contributed by atoms with Gasteiger partial charge in [0, 0.05) is 37.3 Å². The maximum atomic E-state index is 12.2. The van der Waals surface area contributed by atoms with Gasteiger partial charge in [0.2, 0.25) is 5.91 Å². The van der Waals surface area contributed by atoms with Gasteiger partial charge in [0.15, 0.2) is 0 Å². The molecule has 126 valence electrons. The first-order valence-electron chi connectivity index (χ1n) is 7.87. The Morgan fingerprint density at radius 3 is 2.75 bits per heavy atom. The average molecular weight is 346 g/mol. The van der Waals surface area contributed by atoms with Gasteiger partial charge in [-0.3, -0.25) is 4.79 Å². The Labute approximate surface area is 146 Å². The van der Waals surface area contributed by atoms with E-state index < -0.39 is 0 Å². The first-order valence-corrected chi connectivity index (χ1v) is 8.25. The van der Waals surface area contributed by atoms with Crippen molar-refractivity contribution in [2.75, 3.05) is 43.4 Å². The zero-order valence-corrected chi connectivity index (χ0v) is 14.3. The van der Waals surface area contributed by atoms with E-state index in [9.17, 15) is 4.79 Å². The van der Waals surface area contributed by atoms with E-state index in [1.807, 2.05) is 12.1 Å². The number of amides is 1. The summed E-state index contributed by atoms with van der Waals surface area (Å²) in [6, 6.07) is 9.16. The number of nitrogens with one attached hydrogen (secondary N) is 1. The molecule has 1 aliphatic rings. The molecule has 6 heteroatoms. The van der Waals surface area contributed by atoms with E-state index in [1.165, 1.54) is 6.08 Å². The molecule has 2 heterocycles. The third-order valence-corrected chi connectivity index (χ3v) is 4.24. The van der Waals surface area contributed by atoms with Crippen molar-refractivity contribution in [3.8, 4) is 0 Å². The highest BCUT2D eigenvalue weighted by Crippen LogP contribution is 2.30. The predicted molar refractivity (Wildman–Crippen MR) is 97.5 cm³/mol. The van der Waals surface area contributed by atoms with Gasteiger partial charge in [-0.05, 0) is 43.5 Å². The molecule has 0 saturated carbocycles. The summed E-state index contributed by atoms with van der Waals surface area (Å²) in [4.78, 5) is 16.8. The van der Waals surface area contributed by atoms with Crippen molar-refractivity contribution in [2.24, 2.45) is 0 Å². The van der Waals surface area contributed by atoms with Crippen LogP contribution in [-0.2, 0) is 4.79 Å². The van der Waals surface area contributed by atoms with Crippen LogP contribution < -0.4 is 10.2 Å². The van der Waals surface area contributed by atoms with E-state index in [-0.39, 0.29) is 5.91 Å². The van der Waals surface area contributed by atoms with Crippen LogP contribution in [0.4, 0.5) is 11.4 Å². The summed E-state index contributed by atoms with van der Waals surface area (Å²) in [5, 5.41) is 3.51. The van der Waals surface area contributed by atoms with Crippen LogP contribution in [0.5, 0.6) is 0 Å². The van der Waals surface area contributed by atoms with Gasteiger partial charge >= 0.3 is 0 Å². The molecule has 0 unspecified atom stereocenters. The van der Waals surface area contributed by atoms with Crippen LogP contribution in [0.1, 0.15) is 5.76 Å². The number of benzene rings is 1. The quantitative estimate of drug-likeness (QED) is 0.863. The van der Waals surface area contributed by atoms with Crippen LogP contribution in [0.2, 0.25) is 5.02 Å². The van der Waals surface area contributed by atoms with Crippen LogP contribution >= 0.6 is 11.6 Å². The number of carbonyl (C=O) groups is 1. The molecular formula is C18H20ClN3O2. The second-order valence-corrected chi connectivity index (χ2v) is 6.23. The van der Waals surface area contributed by atoms with Crippen molar-refractivity contribution in [1.82, 2.24) is 4.90 Å². The summed E-state index contributed by atoms with van der Waals surface area (Å²) in [7, 11) is 2.11. The number of carbonyl (C=O) groups excluding carboxylic acids is 1. The van der Waals surface area contributed by atoms with E-state index in [0.29, 0.717) is 10.8 Å². The first-order chi connectivity index (χ1) is 11.6. The minimum absolute atomic E-state index is 0.218. The number of halogens is 1. The lowest BCUT2D eigenvalue weighted by Crippen LogP contribution is -2.44. The number of rotatable bonds is 4. The number of hydrogen-bond acceptors (Lipinski definition) is 4. The molecule has 0 radical (unpaired) electrons. The Bertz CT molecular complexity index is 720. The highest BCUT2D eigenvalue weighted by molar-refractivity contribution is 6.31. The van der Waals surface area contributed by atoms with E-state index in [4.69, 9.17) is 16.0 Å². The first kappa shape index (κ1) is 16.6.